The summed E-state index contributed by atoms with van der Waals surface area (Å²) in [5.74, 6) is 0.861. The molecule has 10 heteroatoms. The molecule has 1 atom stereocenters. The Labute approximate surface area is 195 Å². The van der Waals surface area contributed by atoms with Crippen LogP contribution in [0.5, 0.6) is 5.75 Å². The van der Waals surface area contributed by atoms with Crippen molar-refractivity contribution in [3.05, 3.63) is 52.2 Å². The van der Waals surface area contributed by atoms with Crippen LogP contribution in [0.2, 0.25) is 0 Å². The molecule has 1 aromatic carbocycles. The molecule has 0 saturated heterocycles. The molecule has 170 valence electrons. The SMILES string of the molecule is CCOC(=O)c1cc(C)sc1NC(=O)CSc1nnc(C(C)Oc2cccc(C)c2)n1C. The molecule has 1 amide bonds. The Hall–Kier alpha value is -2.85. The van der Waals surface area contributed by atoms with Gasteiger partial charge in [0.05, 0.1) is 17.9 Å². The van der Waals surface area contributed by atoms with Crippen LogP contribution in [-0.4, -0.2) is 39.0 Å². The molecule has 0 aliphatic rings. The molecule has 2 aromatic heterocycles. The number of hydrogen-bond acceptors (Lipinski definition) is 8. The van der Waals surface area contributed by atoms with E-state index < -0.39 is 5.97 Å². The van der Waals surface area contributed by atoms with Gasteiger partial charge in [-0.1, -0.05) is 23.9 Å². The number of nitrogens with zero attached hydrogens (tertiary/aromatic N) is 3. The van der Waals surface area contributed by atoms with Gasteiger partial charge in [-0.15, -0.1) is 21.5 Å². The predicted octanol–water partition coefficient (Wildman–Crippen LogP) is 4.54. The summed E-state index contributed by atoms with van der Waals surface area (Å²) in [5, 5.41) is 12.3. The van der Waals surface area contributed by atoms with E-state index >= 15 is 0 Å². The molecule has 0 radical (unpaired) electrons. The number of esters is 1. The van der Waals surface area contributed by atoms with Gasteiger partial charge in [0, 0.05) is 11.9 Å². The maximum absolute atomic E-state index is 12.5. The molecule has 2 heterocycles. The smallest absolute Gasteiger partial charge is 0.341 e. The molecule has 3 aromatic rings. The molecule has 0 bridgehead atoms. The van der Waals surface area contributed by atoms with Gasteiger partial charge in [-0.3, -0.25) is 4.79 Å². The normalized spacial score (nSPS) is 11.8. The Morgan fingerprint density at radius 3 is 2.75 bits per heavy atom. The van der Waals surface area contributed by atoms with Crippen LogP contribution in [-0.2, 0) is 16.6 Å². The highest BCUT2D eigenvalue weighted by Crippen LogP contribution is 2.29. The molecule has 0 aliphatic carbocycles. The second kappa shape index (κ2) is 10.6. The fraction of sp³-hybridized carbons (Fsp3) is 0.364. The highest BCUT2D eigenvalue weighted by molar-refractivity contribution is 7.99. The van der Waals surface area contributed by atoms with Gasteiger partial charge in [-0.25, -0.2) is 4.79 Å². The number of aryl methyl sites for hydroxylation is 2. The summed E-state index contributed by atoms with van der Waals surface area (Å²) in [6.45, 7) is 7.81. The number of thioether (sulfide) groups is 1. The third-order valence-electron chi connectivity index (χ3n) is 4.47. The lowest BCUT2D eigenvalue weighted by molar-refractivity contribution is -0.113. The summed E-state index contributed by atoms with van der Waals surface area (Å²) >= 11 is 2.60. The number of ether oxygens (including phenoxy) is 2. The number of aromatic nitrogens is 3. The lowest BCUT2D eigenvalue weighted by Gasteiger charge is -2.14. The number of nitrogens with one attached hydrogen (secondary N) is 1. The molecule has 0 spiro atoms. The molecule has 0 aliphatic heterocycles. The Bertz CT molecular complexity index is 1110. The average molecular weight is 475 g/mol. The van der Waals surface area contributed by atoms with Crippen LogP contribution in [0, 0.1) is 13.8 Å². The summed E-state index contributed by atoms with van der Waals surface area (Å²) in [4.78, 5) is 25.5. The number of carbonyl (C=O) groups excluding carboxylic acids is 2. The number of thiophene rings is 1. The number of anilines is 1. The molecular formula is C22H26N4O4S2. The van der Waals surface area contributed by atoms with E-state index in [-0.39, 0.29) is 24.4 Å². The first-order chi connectivity index (χ1) is 15.3. The number of rotatable bonds is 9. The second-order valence-electron chi connectivity index (χ2n) is 7.13. The molecule has 1 unspecified atom stereocenters. The Morgan fingerprint density at radius 1 is 1.25 bits per heavy atom. The zero-order valence-electron chi connectivity index (χ0n) is 18.7. The van der Waals surface area contributed by atoms with Gasteiger partial charge < -0.3 is 19.4 Å². The van der Waals surface area contributed by atoms with Gasteiger partial charge >= 0.3 is 5.97 Å². The molecule has 1 N–H and O–H groups in total. The van der Waals surface area contributed by atoms with Crippen LogP contribution in [0.25, 0.3) is 0 Å². The van der Waals surface area contributed by atoms with Crippen molar-refractivity contribution in [3.8, 4) is 5.75 Å². The van der Waals surface area contributed by atoms with E-state index in [0.29, 0.717) is 21.5 Å². The van der Waals surface area contributed by atoms with Gasteiger partial charge in [-0.05, 0) is 51.5 Å². The van der Waals surface area contributed by atoms with E-state index in [9.17, 15) is 9.59 Å². The highest BCUT2D eigenvalue weighted by Gasteiger charge is 2.20. The minimum Gasteiger partial charge on any atom is -0.483 e. The van der Waals surface area contributed by atoms with Crippen molar-refractivity contribution in [1.82, 2.24) is 14.8 Å². The third-order valence-corrected chi connectivity index (χ3v) is 6.46. The molecular weight excluding hydrogens is 448 g/mol. The van der Waals surface area contributed by atoms with Crippen LogP contribution in [0.4, 0.5) is 5.00 Å². The fourth-order valence-electron chi connectivity index (χ4n) is 3.01. The van der Waals surface area contributed by atoms with E-state index in [1.807, 2.05) is 56.7 Å². The van der Waals surface area contributed by atoms with Crippen molar-refractivity contribution in [2.45, 2.75) is 39.0 Å². The monoisotopic (exact) mass is 474 g/mol. The summed E-state index contributed by atoms with van der Waals surface area (Å²) < 4.78 is 12.9. The number of carbonyl (C=O) groups is 2. The van der Waals surface area contributed by atoms with Gasteiger partial charge in [0.15, 0.2) is 17.1 Å². The Kier molecular flexibility index (Phi) is 7.92. The van der Waals surface area contributed by atoms with Gasteiger partial charge in [0.25, 0.3) is 0 Å². The fourth-order valence-corrected chi connectivity index (χ4v) is 4.65. The minimum absolute atomic E-state index is 0.123. The topological polar surface area (TPSA) is 95.3 Å². The summed E-state index contributed by atoms with van der Waals surface area (Å²) in [6, 6.07) is 9.53. The maximum Gasteiger partial charge on any atom is 0.341 e. The maximum atomic E-state index is 12.5. The van der Waals surface area contributed by atoms with E-state index in [1.54, 1.807) is 13.0 Å². The first-order valence-electron chi connectivity index (χ1n) is 10.1. The van der Waals surface area contributed by atoms with Crippen LogP contribution in [0.15, 0.2) is 35.5 Å². The zero-order chi connectivity index (χ0) is 23.3. The van der Waals surface area contributed by atoms with Crippen LogP contribution >= 0.6 is 23.1 Å². The summed E-state index contributed by atoms with van der Waals surface area (Å²) in [6.07, 6.45) is -0.307. The number of benzene rings is 1. The minimum atomic E-state index is -0.444. The van der Waals surface area contributed by atoms with E-state index in [4.69, 9.17) is 9.47 Å². The quantitative estimate of drug-likeness (QED) is 0.359. The predicted molar refractivity (Wildman–Crippen MR) is 126 cm³/mol. The largest absolute Gasteiger partial charge is 0.483 e. The first-order valence-corrected chi connectivity index (χ1v) is 11.9. The molecule has 0 saturated carbocycles. The zero-order valence-corrected chi connectivity index (χ0v) is 20.3. The molecule has 0 fully saturated rings. The van der Waals surface area contributed by atoms with Crippen molar-refractivity contribution in [1.29, 1.82) is 0 Å². The first kappa shape index (κ1) is 23.8. The average Bonchev–Trinajstić information content (AvgIpc) is 3.28. The van der Waals surface area contributed by atoms with E-state index in [2.05, 4.69) is 15.5 Å². The van der Waals surface area contributed by atoms with Crippen molar-refractivity contribution >= 4 is 40.0 Å². The summed E-state index contributed by atoms with van der Waals surface area (Å²) in [5.41, 5.74) is 1.48. The van der Waals surface area contributed by atoms with Crippen LogP contribution < -0.4 is 10.1 Å². The van der Waals surface area contributed by atoms with Crippen LogP contribution in [0.3, 0.4) is 0 Å². The molecule has 32 heavy (non-hydrogen) atoms. The molecule has 3 rings (SSSR count). The standard InChI is InChI=1S/C22H26N4O4S2/c1-6-29-21(28)17-11-14(3)32-20(17)23-18(27)12-31-22-25-24-19(26(22)5)15(4)30-16-9-7-8-13(2)10-16/h7-11,15H,6,12H2,1-5H3,(H,23,27). The number of amides is 1. The lowest BCUT2D eigenvalue weighted by Crippen LogP contribution is -2.16. The third kappa shape index (κ3) is 5.89. The highest BCUT2D eigenvalue weighted by atomic mass is 32.2. The van der Waals surface area contributed by atoms with Crippen molar-refractivity contribution in [2.75, 3.05) is 17.7 Å². The van der Waals surface area contributed by atoms with Crippen molar-refractivity contribution in [2.24, 2.45) is 7.05 Å². The van der Waals surface area contributed by atoms with Gasteiger partial charge in [-0.2, -0.15) is 0 Å². The van der Waals surface area contributed by atoms with E-state index in [1.165, 1.54) is 23.1 Å². The Morgan fingerprint density at radius 2 is 2.03 bits per heavy atom. The lowest BCUT2D eigenvalue weighted by atomic mass is 10.2. The van der Waals surface area contributed by atoms with Crippen molar-refractivity contribution < 1.29 is 19.1 Å². The summed E-state index contributed by atoms with van der Waals surface area (Å²) in [7, 11) is 1.84. The van der Waals surface area contributed by atoms with Gasteiger partial charge in [0.1, 0.15) is 10.8 Å². The van der Waals surface area contributed by atoms with Crippen molar-refractivity contribution in [3.63, 3.8) is 0 Å². The van der Waals surface area contributed by atoms with E-state index in [0.717, 1.165) is 16.2 Å². The van der Waals surface area contributed by atoms with Gasteiger partial charge in [0.2, 0.25) is 5.91 Å². The number of hydrogen-bond donors (Lipinski definition) is 1. The van der Waals surface area contributed by atoms with Crippen LogP contribution in [0.1, 0.15) is 46.6 Å². The molecule has 8 nitrogen and oxygen atoms in total. The second-order valence-corrected chi connectivity index (χ2v) is 9.33. The Balaban J connectivity index is 1.60.